The number of alkyl halides is 2. The molecule has 3 N–H and O–H groups in total. The molecule has 2 aliphatic rings. The normalized spacial score (nSPS) is 17.2. The summed E-state index contributed by atoms with van der Waals surface area (Å²) in [5.41, 5.74) is 4.20. The van der Waals surface area contributed by atoms with Crippen molar-refractivity contribution in [3.8, 4) is 17.0 Å². The van der Waals surface area contributed by atoms with Crippen molar-refractivity contribution in [1.29, 1.82) is 0 Å². The number of amides is 3. The lowest BCUT2D eigenvalue weighted by atomic mass is 10.1. The van der Waals surface area contributed by atoms with Gasteiger partial charge in [0.25, 0.3) is 5.91 Å². The molecule has 0 radical (unpaired) electrons. The predicted molar refractivity (Wildman–Crippen MR) is 163 cm³/mol. The van der Waals surface area contributed by atoms with Crippen LogP contribution in [0.1, 0.15) is 15.9 Å². The molecule has 0 spiro atoms. The summed E-state index contributed by atoms with van der Waals surface area (Å²) in [4.78, 5) is 40.7. The van der Waals surface area contributed by atoms with E-state index in [-0.39, 0.29) is 30.3 Å². The summed E-state index contributed by atoms with van der Waals surface area (Å²) in [7, 11) is 0. The van der Waals surface area contributed by atoms with E-state index in [0.29, 0.717) is 62.8 Å². The van der Waals surface area contributed by atoms with Crippen LogP contribution < -0.4 is 15.4 Å². The highest BCUT2D eigenvalue weighted by atomic mass is 19.3. The van der Waals surface area contributed by atoms with E-state index >= 15 is 0 Å². The summed E-state index contributed by atoms with van der Waals surface area (Å²) in [5, 5.41) is 15.9. The number of benzene rings is 2. The third kappa shape index (κ3) is 6.51. The number of carbonyl (C=O) groups excluding carboxylic acids is 2. The van der Waals surface area contributed by atoms with Crippen molar-refractivity contribution < 1.29 is 28.2 Å². The number of aromatic nitrogens is 3. The average molecular weight is 621 g/mol. The second-order valence-corrected chi connectivity index (χ2v) is 11.0. The van der Waals surface area contributed by atoms with Gasteiger partial charge in [0.2, 0.25) is 0 Å². The van der Waals surface area contributed by atoms with E-state index in [1.54, 1.807) is 51.5 Å². The van der Waals surface area contributed by atoms with Gasteiger partial charge in [0.15, 0.2) is 11.5 Å². The maximum Gasteiger partial charge on any atom is 0.387 e. The Morgan fingerprint density at radius 1 is 1.04 bits per heavy atom. The van der Waals surface area contributed by atoms with Crippen LogP contribution in [0.3, 0.4) is 0 Å². The van der Waals surface area contributed by atoms with E-state index in [0.717, 1.165) is 22.5 Å². The Kier molecular flexibility index (Phi) is 8.76. The minimum atomic E-state index is -2.89. The maximum atomic E-state index is 13.4. The number of urea groups is 1. The van der Waals surface area contributed by atoms with E-state index in [1.165, 1.54) is 12.1 Å². The van der Waals surface area contributed by atoms with Gasteiger partial charge in [-0.25, -0.2) is 14.8 Å². The average Bonchev–Trinajstić information content (AvgIpc) is 3.50. The Balaban J connectivity index is 1.10. The molecule has 0 aliphatic carbocycles. The largest absolute Gasteiger partial charge is 0.435 e. The molecule has 45 heavy (non-hydrogen) atoms. The van der Waals surface area contributed by atoms with Crippen LogP contribution in [0.5, 0.6) is 5.75 Å². The summed E-state index contributed by atoms with van der Waals surface area (Å²) in [6.07, 6.45) is 5.08. The molecule has 14 heteroatoms. The molecule has 6 rings (SSSR count). The Morgan fingerprint density at radius 2 is 1.80 bits per heavy atom. The van der Waals surface area contributed by atoms with E-state index < -0.39 is 6.61 Å². The lowest BCUT2D eigenvalue weighted by Crippen LogP contribution is -2.59. The number of aryl methyl sites for hydroxylation is 1. The van der Waals surface area contributed by atoms with Crippen molar-refractivity contribution in [1.82, 2.24) is 34.4 Å². The van der Waals surface area contributed by atoms with E-state index in [4.69, 9.17) is 0 Å². The van der Waals surface area contributed by atoms with Crippen LogP contribution >= 0.6 is 0 Å². The zero-order valence-corrected chi connectivity index (χ0v) is 24.7. The van der Waals surface area contributed by atoms with Gasteiger partial charge in [0.05, 0.1) is 18.5 Å². The van der Waals surface area contributed by atoms with Gasteiger partial charge >= 0.3 is 12.6 Å². The molecule has 1 atom stereocenters. The van der Waals surface area contributed by atoms with Crippen LogP contribution in [0.25, 0.3) is 16.9 Å². The van der Waals surface area contributed by atoms with Crippen molar-refractivity contribution in [2.75, 3.05) is 57.7 Å². The molecule has 4 aromatic rings. The highest BCUT2D eigenvalue weighted by Gasteiger charge is 2.30. The van der Waals surface area contributed by atoms with Crippen molar-refractivity contribution in [2.24, 2.45) is 0 Å². The van der Waals surface area contributed by atoms with Crippen LogP contribution in [-0.4, -0.2) is 111 Å². The minimum absolute atomic E-state index is 0.0174. The fourth-order valence-corrected chi connectivity index (χ4v) is 5.74. The van der Waals surface area contributed by atoms with Gasteiger partial charge in [-0.05, 0) is 55.0 Å². The molecule has 2 saturated heterocycles. The SMILES string of the molecule is Cc1cc(Nc2nccn3c(-c4ccc(OC(F)F)cc4)cnc23)ccc1C(=O)N1CCN(C(=O)N2CCNC(CO)C2)CC1. The fourth-order valence-electron chi connectivity index (χ4n) is 5.74. The molecule has 0 saturated carbocycles. The number of rotatable bonds is 7. The molecule has 2 aliphatic heterocycles. The number of hydrogen-bond donors (Lipinski definition) is 3. The first-order chi connectivity index (χ1) is 21.8. The number of aliphatic hydroxyl groups is 1. The molecule has 0 bridgehead atoms. The first-order valence-electron chi connectivity index (χ1n) is 14.7. The topological polar surface area (TPSA) is 128 Å². The lowest BCUT2D eigenvalue weighted by Gasteiger charge is -2.40. The molecule has 236 valence electrons. The summed E-state index contributed by atoms with van der Waals surface area (Å²) in [5.74, 6) is 0.497. The van der Waals surface area contributed by atoms with Crippen LogP contribution in [-0.2, 0) is 0 Å². The molecule has 12 nitrogen and oxygen atoms in total. The van der Waals surface area contributed by atoms with Crippen molar-refractivity contribution >= 4 is 29.1 Å². The smallest absolute Gasteiger partial charge is 0.387 e. The monoisotopic (exact) mass is 620 g/mol. The number of piperazine rings is 2. The van der Waals surface area contributed by atoms with Crippen molar-refractivity contribution in [2.45, 2.75) is 19.6 Å². The number of fused-ring (bicyclic) bond motifs is 1. The fraction of sp³-hybridized carbons (Fsp3) is 0.355. The lowest BCUT2D eigenvalue weighted by molar-refractivity contribution is -0.0498. The number of nitrogens with zero attached hydrogens (tertiary/aromatic N) is 6. The summed E-state index contributed by atoms with van der Waals surface area (Å²) < 4.78 is 31.3. The molecular weight excluding hydrogens is 586 g/mol. The molecule has 3 amide bonds. The second kappa shape index (κ2) is 13.0. The second-order valence-electron chi connectivity index (χ2n) is 11.0. The summed E-state index contributed by atoms with van der Waals surface area (Å²) in [6, 6.07) is 11.6. The van der Waals surface area contributed by atoms with Gasteiger partial charge in [-0.15, -0.1) is 0 Å². The number of imidazole rings is 1. The predicted octanol–water partition coefficient (Wildman–Crippen LogP) is 3.19. The standard InChI is InChI=1S/C31H34F2N8O4/c1-20-16-22(37-27-28-36-17-26(41(28)11-9-35-27)21-2-5-24(6-3-21)45-30(32)33)4-7-25(20)29(43)38-12-14-39(15-13-38)31(44)40-10-8-34-23(18-40)19-42/h2-7,9,11,16-17,23,30,34,42H,8,10,12-15,18-19H2,1H3,(H,35,37). The Hall–Kier alpha value is -4.82. The van der Waals surface area contributed by atoms with Gasteiger partial charge in [0.1, 0.15) is 5.75 Å². The number of ether oxygens (including phenoxy) is 1. The molecular formula is C31H34F2N8O4. The number of anilines is 2. The van der Waals surface area contributed by atoms with Crippen molar-refractivity contribution in [3.05, 3.63) is 72.2 Å². The Bertz CT molecular complexity index is 1670. The summed E-state index contributed by atoms with van der Waals surface area (Å²) in [6.45, 7) is 2.46. The van der Waals surface area contributed by atoms with Crippen LogP contribution in [0, 0.1) is 6.92 Å². The number of carbonyl (C=O) groups is 2. The number of nitrogens with one attached hydrogen (secondary N) is 2. The molecule has 2 fully saturated rings. The molecule has 1 unspecified atom stereocenters. The van der Waals surface area contributed by atoms with Gasteiger partial charge in [-0.3, -0.25) is 9.20 Å². The van der Waals surface area contributed by atoms with Crippen LogP contribution in [0.2, 0.25) is 0 Å². The highest BCUT2D eigenvalue weighted by Crippen LogP contribution is 2.28. The van der Waals surface area contributed by atoms with E-state index in [9.17, 15) is 23.5 Å². The Morgan fingerprint density at radius 3 is 2.51 bits per heavy atom. The molecule has 4 heterocycles. The van der Waals surface area contributed by atoms with Crippen LogP contribution in [0.15, 0.2) is 61.1 Å². The summed E-state index contributed by atoms with van der Waals surface area (Å²) >= 11 is 0. The zero-order chi connectivity index (χ0) is 31.5. The Labute approximate surface area is 258 Å². The first kappa shape index (κ1) is 30.2. The van der Waals surface area contributed by atoms with Gasteiger partial charge < -0.3 is 35.2 Å². The first-order valence-corrected chi connectivity index (χ1v) is 14.7. The van der Waals surface area contributed by atoms with Crippen molar-refractivity contribution in [3.63, 3.8) is 0 Å². The third-order valence-corrected chi connectivity index (χ3v) is 8.11. The number of halogens is 2. The quantitative estimate of drug-likeness (QED) is 0.288. The molecule has 2 aromatic heterocycles. The van der Waals surface area contributed by atoms with E-state index in [2.05, 4.69) is 25.3 Å². The van der Waals surface area contributed by atoms with Gasteiger partial charge in [0, 0.05) is 81.1 Å². The number of aliphatic hydroxyl groups excluding tert-OH is 1. The third-order valence-electron chi connectivity index (χ3n) is 8.11. The van der Waals surface area contributed by atoms with Crippen LogP contribution in [0.4, 0.5) is 25.1 Å². The maximum absolute atomic E-state index is 13.4. The highest BCUT2D eigenvalue weighted by molar-refractivity contribution is 5.96. The van der Waals surface area contributed by atoms with E-state index in [1.807, 2.05) is 23.5 Å². The number of hydrogen-bond acceptors (Lipinski definition) is 8. The molecule has 2 aromatic carbocycles. The van der Waals surface area contributed by atoms with Gasteiger partial charge in [-0.1, -0.05) is 0 Å². The zero-order valence-electron chi connectivity index (χ0n) is 24.7. The van der Waals surface area contributed by atoms with Gasteiger partial charge in [-0.2, -0.15) is 8.78 Å². The minimum Gasteiger partial charge on any atom is -0.435 e.